The first-order chi connectivity index (χ1) is 15.5. The minimum Gasteiger partial charge on any atom is -0.344 e. The number of rotatable bonds is 8. The molecule has 3 aromatic carbocycles. The molecule has 0 aliphatic carbocycles. The molecule has 0 aliphatic rings. The van der Waals surface area contributed by atoms with Crippen LogP contribution in [0.5, 0.6) is 0 Å². The lowest BCUT2D eigenvalue weighted by Gasteiger charge is -2.29. The Labute approximate surface area is 189 Å². The van der Waals surface area contributed by atoms with E-state index in [0.29, 0.717) is 12.4 Å². The number of nitrogens with one attached hydrogen (secondary N) is 1. The van der Waals surface area contributed by atoms with Crippen LogP contribution in [-0.4, -0.2) is 48.6 Å². The van der Waals surface area contributed by atoms with Gasteiger partial charge in [0.05, 0.1) is 5.69 Å². The maximum Gasteiger partial charge on any atom is 0.252 e. The second-order valence-electron chi connectivity index (χ2n) is 8.61. The molecule has 164 valence electrons. The van der Waals surface area contributed by atoms with Gasteiger partial charge in [-0.1, -0.05) is 72.8 Å². The zero-order valence-corrected chi connectivity index (χ0v) is 19.0. The van der Waals surface area contributed by atoms with Gasteiger partial charge in [0.25, 0.3) is 5.56 Å². The molecule has 1 heterocycles. The Morgan fingerprint density at radius 3 is 2.31 bits per heavy atom. The SMILES string of the molecule is CN(C[C@H](Cc1ccccc1)N(C)C)c1nc(Cc2ccc3ccccc3c2)cc(=O)[nH]1. The summed E-state index contributed by atoms with van der Waals surface area (Å²) in [6.45, 7) is 0.754. The van der Waals surface area contributed by atoms with Gasteiger partial charge in [-0.15, -0.1) is 0 Å². The Morgan fingerprint density at radius 1 is 0.844 bits per heavy atom. The molecular weight excluding hydrogens is 396 g/mol. The first kappa shape index (κ1) is 21.8. The summed E-state index contributed by atoms with van der Waals surface area (Å²) in [5.41, 5.74) is 3.09. The highest BCUT2D eigenvalue weighted by molar-refractivity contribution is 5.83. The third kappa shape index (κ3) is 5.42. The predicted molar refractivity (Wildman–Crippen MR) is 133 cm³/mol. The summed E-state index contributed by atoms with van der Waals surface area (Å²) in [6.07, 6.45) is 1.55. The summed E-state index contributed by atoms with van der Waals surface area (Å²) in [5.74, 6) is 0.605. The van der Waals surface area contributed by atoms with E-state index in [-0.39, 0.29) is 11.6 Å². The fourth-order valence-electron chi connectivity index (χ4n) is 4.02. The number of aromatic amines is 1. The van der Waals surface area contributed by atoms with Gasteiger partial charge in [0.1, 0.15) is 0 Å². The van der Waals surface area contributed by atoms with Crippen LogP contribution in [0.1, 0.15) is 16.8 Å². The minimum atomic E-state index is -0.123. The number of benzene rings is 3. The van der Waals surface area contributed by atoms with Gasteiger partial charge in [-0.25, -0.2) is 4.98 Å². The van der Waals surface area contributed by atoms with Crippen LogP contribution < -0.4 is 10.5 Å². The number of hydrogen-bond donors (Lipinski definition) is 1. The molecule has 5 heteroatoms. The summed E-state index contributed by atoms with van der Waals surface area (Å²) in [6, 6.07) is 27.1. The second-order valence-corrected chi connectivity index (χ2v) is 8.61. The van der Waals surface area contributed by atoms with Gasteiger partial charge in [-0.05, 0) is 42.4 Å². The average molecular weight is 427 g/mol. The molecule has 4 aromatic rings. The molecule has 1 N–H and O–H groups in total. The Kier molecular flexibility index (Phi) is 6.66. The van der Waals surface area contributed by atoms with E-state index in [1.165, 1.54) is 16.3 Å². The van der Waals surface area contributed by atoms with Gasteiger partial charge < -0.3 is 9.80 Å². The third-order valence-corrected chi connectivity index (χ3v) is 5.87. The fourth-order valence-corrected chi connectivity index (χ4v) is 4.02. The number of fused-ring (bicyclic) bond motifs is 1. The minimum absolute atomic E-state index is 0.123. The smallest absolute Gasteiger partial charge is 0.252 e. The molecule has 32 heavy (non-hydrogen) atoms. The molecule has 0 amide bonds. The van der Waals surface area contributed by atoms with E-state index in [1.54, 1.807) is 6.07 Å². The largest absolute Gasteiger partial charge is 0.344 e. The molecule has 0 spiro atoms. The normalized spacial score (nSPS) is 12.2. The van der Waals surface area contributed by atoms with Crippen molar-refractivity contribution in [3.63, 3.8) is 0 Å². The summed E-state index contributed by atoms with van der Waals surface area (Å²) >= 11 is 0. The number of H-pyrrole nitrogens is 1. The lowest BCUT2D eigenvalue weighted by Crippen LogP contribution is -2.41. The molecule has 0 saturated heterocycles. The van der Waals surface area contributed by atoms with E-state index in [9.17, 15) is 4.79 Å². The van der Waals surface area contributed by atoms with E-state index >= 15 is 0 Å². The van der Waals surface area contributed by atoms with Crippen LogP contribution in [-0.2, 0) is 12.8 Å². The molecule has 0 aliphatic heterocycles. The van der Waals surface area contributed by atoms with Crippen molar-refractivity contribution in [2.24, 2.45) is 0 Å². The van der Waals surface area contributed by atoms with Crippen molar-refractivity contribution in [3.8, 4) is 0 Å². The van der Waals surface area contributed by atoms with E-state index in [0.717, 1.165) is 24.2 Å². The van der Waals surface area contributed by atoms with Crippen molar-refractivity contribution in [3.05, 3.63) is 106 Å². The Balaban J connectivity index is 1.52. The van der Waals surface area contributed by atoms with Crippen LogP contribution in [0.2, 0.25) is 0 Å². The summed E-state index contributed by atoms with van der Waals surface area (Å²) in [5, 5.41) is 2.41. The van der Waals surface area contributed by atoms with Gasteiger partial charge in [0.2, 0.25) is 5.95 Å². The van der Waals surface area contributed by atoms with Crippen molar-refractivity contribution in [1.82, 2.24) is 14.9 Å². The molecule has 1 aromatic heterocycles. The van der Waals surface area contributed by atoms with Crippen molar-refractivity contribution in [2.45, 2.75) is 18.9 Å². The Bertz CT molecular complexity index is 1230. The summed E-state index contributed by atoms with van der Waals surface area (Å²) < 4.78 is 0. The van der Waals surface area contributed by atoms with Gasteiger partial charge in [0, 0.05) is 32.1 Å². The second kappa shape index (κ2) is 9.79. The number of likely N-dealkylation sites (N-methyl/N-ethyl adjacent to an activating group) is 2. The van der Waals surface area contributed by atoms with E-state index in [1.807, 2.05) is 30.1 Å². The molecule has 4 rings (SSSR count). The summed E-state index contributed by atoms with van der Waals surface area (Å²) in [7, 11) is 6.17. The number of hydrogen-bond acceptors (Lipinski definition) is 4. The van der Waals surface area contributed by atoms with Crippen LogP contribution in [0.3, 0.4) is 0 Å². The molecule has 0 fully saturated rings. The highest BCUT2D eigenvalue weighted by atomic mass is 16.1. The standard InChI is InChI=1S/C27H30N4O/c1-30(2)25(17-20-9-5-4-6-10-20)19-31(3)27-28-24(18-26(32)29-27)16-21-13-14-22-11-7-8-12-23(22)15-21/h4-15,18,25H,16-17,19H2,1-3H3,(H,28,29,32)/t25-/m0/s1. The van der Waals surface area contributed by atoms with Crippen LogP contribution in [0.4, 0.5) is 5.95 Å². The average Bonchev–Trinajstić information content (AvgIpc) is 2.78. The van der Waals surface area contributed by atoms with Crippen LogP contribution in [0.25, 0.3) is 10.8 Å². The third-order valence-electron chi connectivity index (χ3n) is 5.87. The highest BCUT2D eigenvalue weighted by Gasteiger charge is 2.17. The first-order valence-corrected chi connectivity index (χ1v) is 11.0. The monoisotopic (exact) mass is 426 g/mol. The van der Waals surface area contributed by atoms with E-state index in [2.05, 4.69) is 78.6 Å². The van der Waals surface area contributed by atoms with Crippen LogP contribution in [0, 0.1) is 0 Å². The van der Waals surface area contributed by atoms with Gasteiger partial charge in [-0.2, -0.15) is 0 Å². The number of aromatic nitrogens is 2. The van der Waals surface area contributed by atoms with Crippen LogP contribution >= 0.6 is 0 Å². The van der Waals surface area contributed by atoms with Crippen molar-refractivity contribution in [2.75, 3.05) is 32.6 Å². The molecule has 1 atom stereocenters. The maximum atomic E-state index is 12.4. The van der Waals surface area contributed by atoms with E-state index in [4.69, 9.17) is 4.98 Å². The molecule has 0 radical (unpaired) electrons. The Morgan fingerprint density at radius 2 is 1.56 bits per heavy atom. The fraction of sp³-hybridized carbons (Fsp3) is 0.259. The van der Waals surface area contributed by atoms with Crippen molar-refractivity contribution >= 4 is 16.7 Å². The lowest BCUT2D eigenvalue weighted by atomic mass is 10.0. The Hall–Kier alpha value is -3.44. The number of nitrogens with zero attached hydrogens (tertiary/aromatic N) is 3. The van der Waals surface area contributed by atoms with E-state index < -0.39 is 0 Å². The number of anilines is 1. The predicted octanol–water partition coefficient (Wildman–Crippen LogP) is 4.12. The molecule has 0 saturated carbocycles. The van der Waals surface area contributed by atoms with Gasteiger partial charge in [0.15, 0.2) is 0 Å². The first-order valence-electron chi connectivity index (χ1n) is 11.0. The topological polar surface area (TPSA) is 52.2 Å². The van der Waals surface area contributed by atoms with Crippen molar-refractivity contribution in [1.29, 1.82) is 0 Å². The molecule has 5 nitrogen and oxygen atoms in total. The summed E-state index contributed by atoms with van der Waals surface area (Å²) in [4.78, 5) is 24.4. The van der Waals surface area contributed by atoms with Gasteiger partial charge in [-0.3, -0.25) is 9.78 Å². The maximum absolute atomic E-state index is 12.4. The highest BCUT2D eigenvalue weighted by Crippen LogP contribution is 2.18. The van der Waals surface area contributed by atoms with Gasteiger partial charge >= 0.3 is 0 Å². The zero-order chi connectivity index (χ0) is 22.5. The quantitative estimate of drug-likeness (QED) is 0.460. The molecule has 0 bridgehead atoms. The lowest BCUT2D eigenvalue weighted by molar-refractivity contribution is 0.294. The van der Waals surface area contributed by atoms with Crippen molar-refractivity contribution < 1.29 is 0 Å². The van der Waals surface area contributed by atoms with Crippen LogP contribution in [0.15, 0.2) is 83.7 Å². The molecule has 0 unspecified atom stereocenters. The molecular formula is C27H30N4O. The zero-order valence-electron chi connectivity index (χ0n) is 19.0.